The van der Waals surface area contributed by atoms with E-state index >= 15 is 0 Å². The summed E-state index contributed by atoms with van der Waals surface area (Å²) in [4.78, 5) is 2.22. The number of benzene rings is 2. The molecule has 0 aliphatic heterocycles. The molecule has 0 amide bonds. The average Bonchev–Trinajstić information content (AvgIpc) is 2.33. The molecule has 2 aromatic carbocycles. The first kappa shape index (κ1) is 13.8. The van der Waals surface area contributed by atoms with Crippen molar-refractivity contribution in [3.8, 4) is 0 Å². The molecule has 2 rings (SSSR count). The van der Waals surface area contributed by atoms with E-state index in [1.807, 2.05) is 18.2 Å². The molecule has 0 aliphatic rings. The van der Waals surface area contributed by atoms with Crippen molar-refractivity contribution >= 4 is 23.0 Å². The maximum atomic E-state index is 6.05. The van der Waals surface area contributed by atoms with E-state index in [0.717, 1.165) is 12.1 Å². The van der Waals surface area contributed by atoms with Crippen LogP contribution in [0, 0.1) is 13.8 Å². The molecule has 19 heavy (non-hydrogen) atoms. The van der Waals surface area contributed by atoms with Gasteiger partial charge < -0.3 is 10.6 Å². The van der Waals surface area contributed by atoms with E-state index in [2.05, 4.69) is 44.0 Å². The van der Waals surface area contributed by atoms with Crippen LogP contribution in [-0.2, 0) is 6.54 Å². The van der Waals surface area contributed by atoms with E-state index in [1.165, 1.54) is 16.8 Å². The van der Waals surface area contributed by atoms with Crippen molar-refractivity contribution in [1.82, 2.24) is 0 Å². The zero-order chi connectivity index (χ0) is 14.0. The molecule has 0 fully saturated rings. The van der Waals surface area contributed by atoms with Crippen LogP contribution in [-0.4, -0.2) is 7.05 Å². The van der Waals surface area contributed by atoms with E-state index in [0.29, 0.717) is 10.7 Å². The number of nitrogens with zero attached hydrogens (tertiary/aromatic N) is 1. The van der Waals surface area contributed by atoms with Gasteiger partial charge in [0, 0.05) is 19.3 Å². The van der Waals surface area contributed by atoms with Gasteiger partial charge in [-0.1, -0.05) is 35.4 Å². The van der Waals surface area contributed by atoms with Crippen molar-refractivity contribution < 1.29 is 0 Å². The van der Waals surface area contributed by atoms with Crippen LogP contribution in [0.5, 0.6) is 0 Å². The molecule has 0 radical (unpaired) electrons. The third-order valence-corrected chi connectivity index (χ3v) is 3.58. The van der Waals surface area contributed by atoms with Crippen molar-refractivity contribution in [1.29, 1.82) is 0 Å². The van der Waals surface area contributed by atoms with Crippen LogP contribution < -0.4 is 10.6 Å². The Hall–Kier alpha value is -1.67. The number of hydrogen-bond donors (Lipinski definition) is 1. The summed E-state index contributed by atoms with van der Waals surface area (Å²) in [5.74, 6) is 0. The second-order valence-electron chi connectivity index (χ2n) is 5.00. The van der Waals surface area contributed by atoms with Crippen molar-refractivity contribution in [3.05, 3.63) is 58.1 Å². The van der Waals surface area contributed by atoms with Crippen molar-refractivity contribution in [2.75, 3.05) is 17.7 Å². The average molecular weight is 275 g/mol. The number of rotatable bonds is 3. The van der Waals surface area contributed by atoms with Gasteiger partial charge in [-0.25, -0.2) is 0 Å². The Morgan fingerprint density at radius 2 is 1.84 bits per heavy atom. The van der Waals surface area contributed by atoms with Crippen LogP contribution >= 0.6 is 11.6 Å². The predicted octanol–water partition coefficient (Wildman–Crippen LogP) is 4.18. The quantitative estimate of drug-likeness (QED) is 0.851. The molecule has 0 saturated heterocycles. The van der Waals surface area contributed by atoms with E-state index < -0.39 is 0 Å². The van der Waals surface area contributed by atoms with E-state index in [9.17, 15) is 0 Å². The van der Waals surface area contributed by atoms with Gasteiger partial charge in [0.25, 0.3) is 0 Å². The second-order valence-corrected chi connectivity index (χ2v) is 5.41. The zero-order valence-corrected chi connectivity index (χ0v) is 12.3. The fourth-order valence-electron chi connectivity index (χ4n) is 2.26. The fourth-order valence-corrected chi connectivity index (χ4v) is 2.46. The molecule has 0 aliphatic carbocycles. The van der Waals surface area contributed by atoms with Crippen LogP contribution in [0.1, 0.15) is 16.7 Å². The van der Waals surface area contributed by atoms with Gasteiger partial charge >= 0.3 is 0 Å². The lowest BCUT2D eigenvalue weighted by Crippen LogP contribution is -2.17. The summed E-state index contributed by atoms with van der Waals surface area (Å²) in [5.41, 5.74) is 11.3. The number of nitrogens with two attached hydrogens (primary N) is 1. The van der Waals surface area contributed by atoms with Gasteiger partial charge in [-0.2, -0.15) is 0 Å². The third-order valence-electron chi connectivity index (χ3n) is 3.25. The summed E-state index contributed by atoms with van der Waals surface area (Å²) < 4.78 is 0. The summed E-state index contributed by atoms with van der Waals surface area (Å²) in [6.07, 6.45) is 0. The van der Waals surface area contributed by atoms with E-state index in [4.69, 9.17) is 17.3 Å². The standard InChI is InChI=1S/C16H19ClN2/c1-11-4-7-16(12(2)8-11)19(3)10-13-5-6-15(18)14(17)9-13/h4-9H,10,18H2,1-3H3. The molecular weight excluding hydrogens is 256 g/mol. The molecule has 0 heterocycles. The van der Waals surface area contributed by atoms with Crippen molar-refractivity contribution in [3.63, 3.8) is 0 Å². The lowest BCUT2D eigenvalue weighted by molar-refractivity contribution is 0.917. The number of hydrogen-bond acceptors (Lipinski definition) is 2. The minimum absolute atomic E-state index is 0.617. The van der Waals surface area contributed by atoms with Gasteiger partial charge in [0.05, 0.1) is 10.7 Å². The largest absolute Gasteiger partial charge is 0.398 e. The predicted molar refractivity (Wildman–Crippen MR) is 83.9 cm³/mol. The minimum Gasteiger partial charge on any atom is -0.398 e. The summed E-state index contributed by atoms with van der Waals surface area (Å²) in [6.45, 7) is 5.05. The monoisotopic (exact) mass is 274 g/mol. The number of nitrogen functional groups attached to an aromatic ring is 1. The fraction of sp³-hybridized carbons (Fsp3) is 0.250. The summed E-state index contributed by atoms with van der Waals surface area (Å²) >= 11 is 6.05. The van der Waals surface area contributed by atoms with Crippen molar-refractivity contribution in [2.24, 2.45) is 0 Å². The molecule has 2 N–H and O–H groups in total. The molecule has 0 bridgehead atoms. The number of halogens is 1. The van der Waals surface area contributed by atoms with Crippen LogP contribution in [0.25, 0.3) is 0 Å². The van der Waals surface area contributed by atoms with Crippen LogP contribution in [0.4, 0.5) is 11.4 Å². The van der Waals surface area contributed by atoms with Crippen molar-refractivity contribution in [2.45, 2.75) is 20.4 Å². The highest BCUT2D eigenvalue weighted by molar-refractivity contribution is 6.33. The molecule has 3 heteroatoms. The minimum atomic E-state index is 0.617. The van der Waals surface area contributed by atoms with Gasteiger partial charge in [-0.15, -0.1) is 0 Å². The van der Waals surface area contributed by atoms with Gasteiger partial charge in [0.2, 0.25) is 0 Å². The van der Waals surface area contributed by atoms with E-state index in [1.54, 1.807) is 0 Å². The Balaban J connectivity index is 2.20. The second kappa shape index (κ2) is 5.54. The first-order valence-electron chi connectivity index (χ1n) is 6.29. The molecule has 0 saturated carbocycles. The normalized spacial score (nSPS) is 10.5. The Labute approximate surface area is 119 Å². The first-order chi connectivity index (χ1) is 8.97. The maximum Gasteiger partial charge on any atom is 0.0638 e. The molecule has 0 spiro atoms. The summed E-state index contributed by atoms with van der Waals surface area (Å²) in [6, 6.07) is 12.3. The highest BCUT2D eigenvalue weighted by atomic mass is 35.5. The first-order valence-corrected chi connectivity index (χ1v) is 6.67. The van der Waals surface area contributed by atoms with Crippen LogP contribution in [0.3, 0.4) is 0 Å². The Kier molecular flexibility index (Phi) is 4.01. The topological polar surface area (TPSA) is 29.3 Å². The molecule has 2 aromatic rings. The molecular formula is C16H19ClN2. The van der Waals surface area contributed by atoms with Crippen LogP contribution in [0.2, 0.25) is 5.02 Å². The molecule has 2 nitrogen and oxygen atoms in total. The van der Waals surface area contributed by atoms with Gasteiger partial charge in [0.15, 0.2) is 0 Å². The summed E-state index contributed by atoms with van der Waals surface area (Å²) in [5, 5.41) is 0.617. The smallest absolute Gasteiger partial charge is 0.0638 e. The lowest BCUT2D eigenvalue weighted by atomic mass is 10.1. The third kappa shape index (κ3) is 3.21. The van der Waals surface area contributed by atoms with Gasteiger partial charge in [-0.3, -0.25) is 0 Å². The highest BCUT2D eigenvalue weighted by Gasteiger charge is 2.06. The summed E-state index contributed by atoms with van der Waals surface area (Å²) in [7, 11) is 2.09. The molecule has 0 unspecified atom stereocenters. The molecule has 0 atom stereocenters. The highest BCUT2D eigenvalue weighted by Crippen LogP contribution is 2.24. The Bertz CT molecular complexity index is 593. The van der Waals surface area contributed by atoms with Gasteiger partial charge in [0.1, 0.15) is 0 Å². The number of aryl methyl sites for hydroxylation is 2. The maximum absolute atomic E-state index is 6.05. The Morgan fingerprint density at radius 1 is 1.11 bits per heavy atom. The lowest BCUT2D eigenvalue weighted by Gasteiger charge is -2.22. The SMILES string of the molecule is Cc1ccc(N(C)Cc2ccc(N)c(Cl)c2)c(C)c1. The molecule has 0 aromatic heterocycles. The zero-order valence-electron chi connectivity index (χ0n) is 11.6. The van der Waals surface area contributed by atoms with Crippen LogP contribution in [0.15, 0.2) is 36.4 Å². The molecule has 100 valence electrons. The van der Waals surface area contributed by atoms with Gasteiger partial charge in [-0.05, 0) is 43.2 Å². The number of anilines is 2. The Morgan fingerprint density at radius 3 is 2.47 bits per heavy atom. The van der Waals surface area contributed by atoms with E-state index in [-0.39, 0.29) is 0 Å².